The molecule has 1 unspecified atom stereocenters. The number of rotatable bonds is 3. The van der Waals surface area contributed by atoms with Crippen molar-refractivity contribution in [2.75, 3.05) is 11.9 Å². The minimum Gasteiger partial charge on any atom is -0.368 e. The fourth-order valence-electron chi connectivity index (χ4n) is 1.93. The van der Waals surface area contributed by atoms with E-state index in [1.54, 1.807) is 0 Å². The lowest BCUT2D eigenvalue weighted by atomic mass is 10.1. The van der Waals surface area contributed by atoms with Gasteiger partial charge in [0.1, 0.15) is 6.10 Å². The topological polar surface area (TPSA) is 98.5 Å². The van der Waals surface area contributed by atoms with Crippen molar-refractivity contribution in [3.05, 3.63) is 23.2 Å². The van der Waals surface area contributed by atoms with E-state index in [2.05, 4.69) is 5.32 Å². The first-order chi connectivity index (χ1) is 9.38. The Balaban J connectivity index is 2.11. The van der Waals surface area contributed by atoms with Crippen molar-refractivity contribution in [1.29, 1.82) is 0 Å². The van der Waals surface area contributed by atoms with Crippen molar-refractivity contribution in [1.82, 2.24) is 0 Å². The van der Waals surface area contributed by atoms with Crippen LogP contribution in [0.2, 0.25) is 5.02 Å². The Morgan fingerprint density at radius 3 is 2.70 bits per heavy atom. The summed E-state index contributed by atoms with van der Waals surface area (Å²) >= 11 is 5.94. The maximum Gasteiger partial charge on any atom is 0.253 e. The van der Waals surface area contributed by atoms with Gasteiger partial charge in [-0.2, -0.15) is 0 Å². The molecule has 1 amide bonds. The third kappa shape index (κ3) is 3.69. The van der Waals surface area contributed by atoms with Crippen LogP contribution in [0.3, 0.4) is 0 Å². The van der Waals surface area contributed by atoms with Gasteiger partial charge in [0, 0.05) is 6.61 Å². The van der Waals surface area contributed by atoms with Crippen molar-refractivity contribution in [2.45, 2.75) is 30.3 Å². The van der Waals surface area contributed by atoms with Crippen LogP contribution in [0.5, 0.6) is 0 Å². The van der Waals surface area contributed by atoms with Crippen LogP contribution in [0, 0.1) is 0 Å². The third-order valence-corrected chi connectivity index (χ3v) is 4.22. The fraction of sp³-hybridized carbons (Fsp3) is 0.417. The van der Waals surface area contributed by atoms with Crippen LogP contribution in [-0.2, 0) is 19.6 Å². The first kappa shape index (κ1) is 15.2. The second-order valence-corrected chi connectivity index (χ2v) is 6.50. The Morgan fingerprint density at radius 1 is 1.40 bits per heavy atom. The van der Waals surface area contributed by atoms with Gasteiger partial charge < -0.3 is 10.1 Å². The van der Waals surface area contributed by atoms with E-state index in [1.165, 1.54) is 18.2 Å². The highest BCUT2D eigenvalue weighted by atomic mass is 35.5. The molecule has 20 heavy (non-hydrogen) atoms. The zero-order valence-electron chi connectivity index (χ0n) is 10.6. The second-order valence-electron chi connectivity index (χ2n) is 4.53. The Bertz CT molecular complexity index is 612. The van der Waals surface area contributed by atoms with Crippen molar-refractivity contribution in [3.63, 3.8) is 0 Å². The largest absolute Gasteiger partial charge is 0.368 e. The van der Waals surface area contributed by atoms with Gasteiger partial charge in [-0.05, 0) is 37.5 Å². The molecule has 1 heterocycles. The molecule has 0 radical (unpaired) electrons. The summed E-state index contributed by atoms with van der Waals surface area (Å²) in [4.78, 5) is 11.9. The molecule has 110 valence electrons. The average Bonchev–Trinajstić information content (AvgIpc) is 2.41. The number of hydrogen-bond donors (Lipinski definition) is 2. The minimum absolute atomic E-state index is 0.102. The molecule has 6 nitrogen and oxygen atoms in total. The van der Waals surface area contributed by atoms with Gasteiger partial charge in [0.05, 0.1) is 15.6 Å². The summed E-state index contributed by atoms with van der Waals surface area (Å²) in [5.74, 6) is -0.282. The van der Waals surface area contributed by atoms with E-state index < -0.39 is 16.1 Å². The van der Waals surface area contributed by atoms with E-state index in [0.29, 0.717) is 18.7 Å². The first-order valence-corrected chi connectivity index (χ1v) is 8.05. The maximum atomic E-state index is 12.0. The van der Waals surface area contributed by atoms with Crippen LogP contribution < -0.4 is 10.5 Å². The molecule has 0 aliphatic carbocycles. The lowest BCUT2D eigenvalue weighted by Crippen LogP contribution is -2.33. The number of nitrogens with one attached hydrogen (secondary N) is 1. The fourth-order valence-corrected chi connectivity index (χ4v) is 2.77. The lowest BCUT2D eigenvalue weighted by molar-refractivity contribution is -0.129. The molecule has 3 N–H and O–H groups in total. The van der Waals surface area contributed by atoms with Crippen LogP contribution >= 0.6 is 11.6 Å². The van der Waals surface area contributed by atoms with Gasteiger partial charge in [0.2, 0.25) is 10.0 Å². The lowest BCUT2D eigenvalue weighted by Gasteiger charge is -2.22. The van der Waals surface area contributed by atoms with Gasteiger partial charge in [-0.15, -0.1) is 0 Å². The third-order valence-electron chi connectivity index (χ3n) is 3.00. The number of halogens is 1. The van der Waals surface area contributed by atoms with Crippen molar-refractivity contribution < 1.29 is 17.9 Å². The van der Waals surface area contributed by atoms with E-state index in [4.69, 9.17) is 21.5 Å². The number of benzene rings is 1. The van der Waals surface area contributed by atoms with Crippen LogP contribution in [0.25, 0.3) is 0 Å². The predicted octanol–water partition coefficient (Wildman–Crippen LogP) is 1.49. The molecule has 0 bridgehead atoms. The standard InChI is InChI=1S/C12H15ClN2O4S/c13-9-7-8(20(14,17)18)4-5-10(9)15-12(16)11-3-1-2-6-19-11/h4-5,7,11H,1-3,6H2,(H,15,16)(H2,14,17,18). The molecule has 1 aliphatic heterocycles. The molecule has 1 saturated heterocycles. The summed E-state index contributed by atoms with van der Waals surface area (Å²) in [7, 11) is -3.81. The molecule has 2 rings (SSSR count). The number of primary sulfonamides is 1. The molecular weight excluding hydrogens is 304 g/mol. The summed E-state index contributed by atoms with van der Waals surface area (Å²) in [6.07, 6.45) is 2.07. The number of carbonyl (C=O) groups is 1. The van der Waals surface area contributed by atoms with E-state index >= 15 is 0 Å². The molecule has 1 aromatic carbocycles. The molecule has 1 aromatic rings. The summed E-state index contributed by atoms with van der Waals surface area (Å²) < 4.78 is 27.7. The van der Waals surface area contributed by atoms with Crippen molar-refractivity contribution in [2.24, 2.45) is 5.14 Å². The quantitative estimate of drug-likeness (QED) is 0.882. The molecule has 1 atom stereocenters. The summed E-state index contributed by atoms with van der Waals surface area (Å²) in [6.45, 7) is 0.566. The Kier molecular flexibility index (Phi) is 4.64. The Morgan fingerprint density at radius 2 is 2.15 bits per heavy atom. The highest BCUT2D eigenvalue weighted by molar-refractivity contribution is 7.89. The van der Waals surface area contributed by atoms with Gasteiger partial charge in [-0.25, -0.2) is 13.6 Å². The average molecular weight is 319 g/mol. The summed E-state index contributed by atoms with van der Waals surface area (Å²) in [6, 6.07) is 3.90. The number of carbonyl (C=O) groups excluding carboxylic acids is 1. The van der Waals surface area contributed by atoms with E-state index in [-0.39, 0.29) is 15.8 Å². The van der Waals surface area contributed by atoms with Gasteiger partial charge in [0.15, 0.2) is 0 Å². The SMILES string of the molecule is NS(=O)(=O)c1ccc(NC(=O)C2CCCCO2)c(Cl)c1. The van der Waals surface area contributed by atoms with Gasteiger partial charge in [0.25, 0.3) is 5.91 Å². The van der Waals surface area contributed by atoms with Gasteiger partial charge in [-0.3, -0.25) is 4.79 Å². The van der Waals surface area contributed by atoms with Crippen LogP contribution in [0.15, 0.2) is 23.1 Å². The molecule has 0 spiro atoms. The van der Waals surface area contributed by atoms with E-state index in [9.17, 15) is 13.2 Å². The molecule has 1 aliphatic rings. The molecule has 0 saturated carbocycles. The highest BCUT2D eigenvalue weighted by Gasteiger charge is 2.22. The number of sulfonamides is 1. The predicted molar refractivity (Wildman–Crippen MR) is 75.0 cm³/mol. The molecular formula is C12H15ClN2O4S. The van der Waals surface area contributed by atoms with E-state index in [0.717, 1.165) is 12.8 Å². The normalized spacial score (nSPS) is 19.6. The number of nitrogens with two attached hydrogens (primary N) is 1. The monoisotopic (exact) mass is 318 g/mol. The maximum absolute atomic E-state index is 12.0. The second kappa shape index (κ2) is 6.09. The minimum atomic E-state index is -3.81. The van der Waals surface area contributed by atoms with E-state index in [1.807, 2.05) is 0 Å². The molecule has 1 fully saturated rings. The number of hydrogen-bond acceptors (Lipinski definition) is 4. The zero-order valence-corrected chi connectivity index (χ0v) is 12.2. The Hall–Kier alpha value is -1.15. The molecule has 0 aromatic heterocycles. The molecule has 8 heteroatoms. The van der Waals surface area contributed by atoms with Crippen LogP contribution in [0.4, 0.5) is 5.69 Å². The summed E-state index contributed by atoms with van der Waals surface area (Å²) in [5.41, 5.74) is 0.332. The number of ether oxygens (including phenoxy) is 1. The summed E-state index contributed by atoms with van der Waals surface area (Å²) in [5, 5.41) is 7.74. The number of anilines is 1. The van der Waals surface area contributed by atoms with Gasteiger partial charge >= 0.3 is 0 Å². The highest BCUT2D eigenvalue weighted by Crippen LogP contribution is 2.25. The first-order valence-electron chi connectivity index (χ1n) is 6.13. The Labute approximate surface area is 122 Å². The number of amides is 1. The van der Waals surface area contributed by atoms with Crippen molar-refractivity contribution >= 4 is 33.2 Å². The smallest absolute Gasteiger partial charge is 0.253 e. The van der Waals surface area contributed by atoms with Gasteiger partial charge in [-0.1, -0.05) is 11.6 Å². The van der Waals surface area contributed by atoms with Crippen LogP contribution in [0.1, 0.15) is 19.3 Å². The van der Waals surface area contributed by atoms with Crippen molar-refractivity contribution in [3.8, 4) is 0 Å². The van der Waals surface area contributed by atoms with Crippen LogP contribution in [-0.4, -0.2) is 27.0 Å². The zero-order chi connectivity index (χ0) is 14.8.